The topological polar surface area (TPSA) is 29.5 Å². The Bertz CT molecular complexity index is 869. The number of rotatable bonds is 5. The Morgan fingerprint density at radius 3 is 2.42 bits per heavy atom. The first-order valence-corrected chi connectivity index (χ1v) is 9.31. The van der Waals surface area contributed by atoms with Gasteiger partial charge in [-0.15, -0.1) is 11.8 Å². The van der Waals surface area contributed by atoms with Crippen LogP contribution in [-0.4, -0.2) is 12.3 Å². The fraction of sp³-hybridized carbons (Fsp3) is 0.0952. The molecule has 0 spiro atoms. The second-order valence-corrected chi connectivity index (χ2v) is 6.47. The van der Waals surface area contributed by atoms with Gasteiger partial charge in [0.2, 0.25) is 0 Å². The van der Waals surface area contributed by atoms with Crippen molar-refractivity contribution in [3.05, 3.63) is 90.2 Å². The number of para-hydroxylation sites is 1. The fourth-order valence-corrected chi connectivity index (χ4v) is 2.91. The standard InChI is InChI=1S/C21H18FNO2S/c1-26-20-9-5-8-19(14-20)25-21(24)23(18-6-3-2-4-7-18)15-16-10-12-17(22)13-11-16/h2-14H,15H2,1H3. The Kier molecular flexibility index (Phi) is 5.92. The molecule has 26 heavy (non-hydrogen) atoms. The molecule has 0 atom stereocenters. The highest BCUT2D eigenvalue weighted by molar-refractivity contribution is 7.98. The van der Waals surface area contributed by atoms with E-state index in [1.807, 2.05) is 54.8 Å². The number of amides is 1. The highest BCUT2D eigenvalue weighted by atomic mass is 32.2. The summed E-state index contributed by atoms with van der Waals surface area (Å²) in [6, 6.07) is 22.7. The lowest BCUT2D eigenvalue weighted by Crippen LogP contribution is -2.33. The number of thioether (sulfide) groups is 1. The SMILES string of the molecule is CSc1cccc(OC(=O)N(Cc2ccc(F)cc2)c2ccccc2)c1. The molecule has 3 aromatic rings. The monoisotopic (exact) mass is 367 g/mol. The number of nitrogens with zero attached hydrogens (tertiary/aromatic N) is 1. The quantitative estimate of drug-likeness (QED) is 0.538. The predicted molar refractivity (Wildman–Crippen MR) is 103 cm³/mol. The minimum atomic E-state index is -0.487. The van der Waals surface area contributed by atoms with Crippen LogP contribution in [0.5, 0.6) is 5.75 Å². The normalized spacial score (nSPS) is 10.4. The van der Waals surface area contributed by atoms with Crippen molar-refractivity contribution in [2.75, 3.05) is 11.2 Å². The van der Waals surface area contributed by atoms with Gasteiger partial charge in [0.05, 0.1) is 6.54 Å². The predicted octanol–water partition coefficient (Wildman–Crippen LogP) is 5.75. The van der Waals surface area contributed by atoms with E-state index in [2.05, 4.69) is 0 Å². The van der Waals surface area contributed by atoms with Crippen molar-refractivity contribution in [1.29, 1.82) is 0 Å². The molecule has 0 aliphatic heterocycles. The molecule has 0 saturated carbocycles. The molecular formula is C21H18FNO2S. The Morgan fingerprint density at radius 2 is 1.73 bits per heavy atom. The number of benzene rings is 3. The number of hydrogen-bond acceptors (Lipinski definition) is 3. The third kappa shape index (κ3) is 4.64. The minimum Gasteiger partial charge on any atom is -0.410 e. The van der Waals surface area contributed by atoms with E-state index in [4.69, 9.17) is 4.74 Å². The Hall–Kier alpha value is -2.79. The molecule has 0 aromatic heterocycles. The van der Waals surface area contributed by atoms with Crippen LogP contribution in [0.4, 0.5) is 14.9 Å². The summed E-state index contributed by atoms with van der Waals surface area (Å²) < 4.78 is 18.7. The highest BCUT2D eigenvalue weighted by Gasteiger charge is 2.18. The van der Waals surface area contributed by atoms with E-state index >= 15 is 0 Å². The molecule has 0 N–H and O–H groups in total. The van der Waals surface area contributed by atoms with Crippen molar-refractivity contribution in [2.24, 2.45) is 0 Å². The number of halogens is 1. The van der Waals surface area contributed by atoms with Crippen LogP contribution in [-0.2, 0) is 6.54 Å². The summed E-state index contributed by atoms with van der Waals surface area (Å²) >= 11 is 1.58. The number of anilines is 1. The van der Waals surface area contributed by atoms with Crippen LogP contribution in [0.25, 0.3) is 0 Å². The van der Waals surface area contributed by atoms with Gasteiger partial charge >= 0.3 is 6.09 Å². The first-order valence-electron chi connectivity index (χ1n) is 8.08. The second-order valence-electron chi connectivity index (χ2n) is 5.60. The van der Waals surface area contributed by atoms with Crippen molar-refractivity contribution >= 4 is 23.5 Å². The summed E-state index contributed by atoms with van der Waals surface area (Å²) in [6.07, 6.45) is 1.48. The number of carbonyl (C=O) groups is 1. The highest BCUT2D eigenvalue weighted by Crippen LogP contribution is 2.23. The lowest BCUT2D eigenvalue weighted by molar-refractivity contribution is 0.207. The van der Waals surface area contributed by atoms with Crippen molar-refractivity contribution in [2.45, 2.75) is 11.4 Å². The molecule has 1 amide bonds. The average Bonchev–Trinajstić information content (AvgIpc) is 2.68. The molecule has 0 heterocycles. The van der Waals surface area contributed by atoms with E-state index in [0.29, 0.717) is 11.4 Å². The third-order valence-electron chi connectivity index (χ3n) is 3.79. The van der Waals surface area contributed by atoms with Gasteiger partial charge in [-0.05, 0) is 54.3 Å². The zero-order valence-electron chi connectivity index (χ0n) is 14.3. The Labute approximate surface area is 156 Å². The lowest BCUT2D eigenvalue weighted by Gasteiger charge is -2.22. The van der Waals surface area contributed by atoms with E-state index < -0.39 is 6.09 Å². The second kappa shape index (κ2) is 8.54. The van der Waals surface area contributed by atoms with Crippen LogP contribution in [0.15, 0.2) is 83.8 Å². The first kappa shape index (κ1) is 18.0. The molecule has 5 heteroatoms. The van der Waals surface area contributed by atoms with Crippen molar-refractivity contribution < 1.29 is 13.9 Å². The van der Waals surface area contributed by atoms with Gasteiger partial charge in [-0.2, -0.15) is 0 Å². The molecule has 3 nitrogen and oxygen atoms in total. The fourth-order valence-electron chi connectivity index (χ4n) is 2.46. The smallest absolute Gasteiger partial charge is 0.410 e. The van der Waals surface area contributed by atoms with E-state index in [-0.39, 0.29) is 12.4 Å². The van der Waals surface area contributed by atoms with Gasteiger partial charge in [0, 0.05) is 10.6 Å². The average molecular weight is 367 g/mol. The summed E-state index contributed by atoms with van der Waals surface area (Å²) in [4.78, 5) is 15.3. The van der Waals surface area contributed by atoms with Crippen LogP contribution in [0.2, 0.25) is 0 Å². The van der Waals surface area contributed by atoms with Gasteiger partial charge in [-0.1, -0.05) is 36.4 Å². The zero-order valence-corrected chi connectivity index (χ0v) is 15.1. The molecule has 0 bridgehead atoms. The van der Waals surface area contributed by atoms with Crippen LogP contribution >= 0.6 is 11.8 Å². The van der Waals surface area contributed by atoms with Crippen LogP contribution in [0, 0.1) is 5.82 Å². The molecule has 0 aliphatic rings. The molecular weight excluding hydrogens is 349 g/mol. The van der Waals surface area contributed by atoms with Crippen LogP contribution in [0.1, 0.15) is 5.56 Å². The van der Waals surface area contributed by atoms with E-state index in [0.717, 1.165) is 10.5 Å². The van der Waals surface area contributed by atoms with E-state index in [1.54, 1.807) is 30.0 Å². The van der Waals surface area contributed by atoms with E-state index in [9.17, 15) is 9.18 Å². The molecule has 0 saturated heterocycles. The third-order valence-corrected chi connectivity index (χ3v) is 4.51. The summed E-state index contributed by atoms with van der Waals surface area (Å²) in [5.74, 6) is 0.179. The Morgan fingerprint density at radius 1 is 1.00 bits per heavy atom. The lowest BCUT2D eigenvalue weighted by atomic mass is 10.2. The summed E-state index contributed by atoms with van der Waals surface area (Å²) in [6.45, 7) is 0.283. The largest absolute Gasteiger partial charge is 0.420 e. The minimum absolute atomic E-state index is 0.283. The van der Waals surface area contributed by atoms with Crippen molar-refractivity contribution in [1.82, 2.24) is 0 Å². The molecule has 3 rings (SSSR count). The van der Waals surface area contributed by atoms with Gasteiger partial charge in [0.25, 0.3) is 0 Å². The van der Waals surface area contributed by atoms with E-state index in [1.165, 1.54) is 17.0 Å². The molecule has 132 valence electrons. The number of carbonyl (C=O) groups excluding carboxylic acids is 1. The first-order chi connectivity index (χ1) is 12.7. The van der Waals surface area contributed by atoms with Gasteiger partial charge in [0.15, 0.2) is 0 Å². The summed E-state index contributed by atoms with van der Waals surface area (Å²) in [7, 11) is 0. The summed E-state index contributed by atoms with van der Waals surface area (Å²) in [5, 5.41) is 0. The number of ether oxygens (including phenoxy) is 1. The molecule has 0 unspecified atom stereocenters. The molecule has 0 radical (unpaired) electrons. The maximum absolute atomic E-state index is 13.2. The molecule has 0 aliphatic carbocycles. The van der Waals surface area contributed by atoms with Gasteiger partial charge in [0.1, 0.15) is 11.6 Å². The summed E-state index contributed by atoms with van der Waals surface area (Å²) in [5.41, 5.74) is 1.52. The molecule has 0 fully saturated rings. The van der Waals surface area contributed by atoms with Gasteiger partial charge in [-0.3, -0.25) is 4.90 Å². The van der Waals surface area contributed by atoms with Crippen molar-refractivity contribution in [3.8, 4) is 5.75 Å². The van der Waals surface area contributed by atoms with Gasteiger partial charge < -0.3 is 4.74 Å². The molecule has 3 aromatic carbocycles. The van der Waals surface area contributed by atoms with Crippen LogP contribution < -0.4 is 9.64 Å². The maximum Gasteiger partial charge on any atom is 0.420 e. The maximum atomic E-state index is 13.2. The Balaban J connectivity index is 1.84. The zero-order chi connectivity index (χ0) is 18.4. The van der Waals surface area contributed by atoms with Crippen LogP contribution in [0.3, 0.4) is 0 Å². The van der Waals surface area contributed by atoms with Gasteiger partial charge in [-0.25, -0.2) is 9.18 Å². The van der Waals surface area contributed by atoms with Crippen molar-refractivity contribution in [3.63, 3.8) is 0 Å². The number of hydrogen-bond donors (Lipinski definition) is 0.